The molecule has 14 heavy (non-hydrogen) atoms. The number of methoxy groups -OCH3 is 1. The van der Waals surface area contributed by atoms with Gasteiger partial charge in [-0.05, 0) is 20.3 Å². The molecule has 0 aliphatic heterocycles. The maximum atomic E-state index is 11.5. The number of ether oxygens (including phenoxy) is 1. The van der Waals surface area contributed by atoms with E-state index in [0.29, 0.717) is 13.0 Å². The van der Waals surface area contributed by atoms with Crippen LogP contribution in [0.15, 0.2) is 0 Å². The Morgan fingerprint density at radius 1 is 1.43 bits per heavy atom. The molecule has 0 aromatic heterocycles. The molecule has 0 aromatic rings. The zero-order valence-electron chi connectivity index (χ0n) is 8.84. The van der Waals surface area contributed by atoms with Crippen molar-refractivity contribution >= 4 is 21.6 Å². The molecule has 0 fully saturated rings. The topological polar surface area (TPSA) is 55.4 Å². The highest BCUT2D eigenvalue weighted by Gasteiger charge is 2.23. The number of hydrogen-bond acceptors (Lipinski definition) is 3. The van der Waals surface area contributed by atoms with Crippen LogP contribution in [-0.4, -0.2) is 39.3 Å². The van der Waals surface area contributed by atoms with Crippen molar-refractivity contribution in [2.24, 2.45) is 0 Å². The Bertz CT molecular complexity index is 251. The lowest BCUT2D eigenvalue weighted by molar-refractivity contribution is 0.199. The Labute approximate surface area is 91.0 Å². The summed E-state index contributed by atoms with van der Waals surface area (Å²) in [4.78, 5) is 0. The first-order valence-corrected chi connectivity index (χ1v) is 6.58. The number of nitrogens with one attached hydrogen (secondary N) is 1. The monoisotopic (exact) mass is 243 g/mol. The average Bonchev–Trinajstić information content (AvgIpc) is 2.03. The van der Waals surface area contributed by atoms with Crippen LogP contribution in [0.1, 0.15) is 20.3 Å². The van der Waals surface area contributed by atoms with E-state index in [-0.39, 0.29) is 11.6 Å². The first-order chi connectivity index (χ1) is 6.33. The maximum Gasteiger partial charge on any atom is 0.212 e. The van der Waals surface area contributed by atoms with Gasteiger partial charge in [0.1, 0.15) is 0 Å². The normalized spacial score (nSPS) is 13.1. The molecule has 0 amide bonds. The van der Waals surface area contributed by atoms with Crippen LogP contribution in [0.25, 0.3) is 0 Å². The summed E-state index contributed by atoms with van der Waals surface area (Å²) in [5.41, 5.74) is -0.590. The quantitative estimate of drug-likeness (QED) is 0.535. The summed E-state index contributed by atoms with van der Waals surface area (Å²) in [7, 11) is -1.69. The van der Waals surface area contributed by atoms with E-state index in [0.717, 1.165) is 0 Å². The lowest BCUT2D eigenvalue weighted by Crippen LogP contribution is -2.45. The number of rotatable bonds is 7. The predicted molar refractivity (Wildman–Crippen MR) is 58.2 cm³/mol. The molecular formula is C8H18ClNO3S. The van der Waals surface area contributed by atoms with Crippen molar-refractivity contribution in [1.82, 2.24) is 4.72 Å². The standard InChI is InChI=1S/C8H18ClNO3S/c1-8(2,7-9)10-14(11,12)6-4-5-13-3/h10H,4-7H2,1-3H3. The third-order valence-electron chi connectivity index (χ3n) is 1.53. The molecule has 0 unspecified atom stereocenters. The van der Waals surface area contributed by atoms with Crippen molar-refractivity contribution in [2.75, 3.05) is 25.3 Å². The van der Waals surface area contributed by atoms with Crippen molar-refractivity contribution < 1.29 is 13.2 Å². The van der Waals surface area contributed by atoms with Gasteiger partial charge >= 0.3 is 0 Å². The molecule has 0 saturated heterocycles. The molecule has 0 rings (SSSR count). The van der Waals surface area contributed by atoms with Crippen LogP contribution >= 0.6 is 11.6 Å². The Balaban J connectivity index is 4.08. The van der Waals surface area contributed by atoms with Crippen LogP contribution in [0, 0.1) is 0 Å². The highest BCUT2D eigenvalue weighted by Crippen LogP contribution is 2.07. The fourth-order valence-corrected chi connectivity index (χ4v) is 2.55. The minimum atomic E-state index is -3.24. The molecule has 0 heterocycles. The van der Waals surface area contributed by atoms with Gasteiger partial charge in [-0.15, -0.1) is 11.6 Å². The molecule has 0 radical (unpaired) electrons. The second-order valence-corrected chi connectivity index (χ2v) is 5.89. The van der Waals surface area contributed by atoms with Gasteiger partial charge in [0, 0.05) is 25.1 Å². The SMILES string of the molecule is COCCCS(=O)(=O)NC(C)(C)CCl. The van der Waals surface area contributed by atoms with Crippen molar-refractivity contribution in [3.8, 4) is 0 Å². The van der Waals surface area contributed by atoms with Crippen molar-refractivity contribution in [2.45, 2.75) is 25.8 Å². The molecule has 4 nitrogen and oxygen atoms in total. The number of hydrogen-bond donors (Lipinski definition) is 1. The lowest BCUT2D eigenvalue weighted by atomic mass is 10.1. The maximum absolute atomic E-state index is 11.5. The summed E-state index contributed by atoms with van der Waals surface area (Å²) in [6.45, 7) is 3.93. The first-order valence-electron chi connectivity index (χ1n) is 4.39. The minimum absolute atomic E-state index is 0.0706. The molecule has 0 atom stereocenters. The van der Waals surface area contributed by atoms with E-state index < -0.39 is 15.6 Å². The molecular weight excluding hydrogens is 226 g/mol. The van der Waals surface area contributed by atoms with Gasteiger partial charge in [-0.2, -0.15) is 0 Å². The van der Waals surface area contributed by atoms with Gasteiger partial charge in [0.15, 0.2) is 0 Å². The number of alkyl halides is 1. The summed E-state index contributed by atoms with van der Waals surface area (Å²) in [5, 5.41) is 0. The number of halogens is 1. The fourth-order valence-electron chi connectivity index (χ4n) is 0.893. The van der Waals surface area contributed by atoms with Crippen LogP contribution in [0.4, 0.5) is 0 Å². The Hall–Kier alpha value is 0.160. The molecule has 6 heteroatoms. The lowest BCUT2D eigenvalue weighted by Gasteiger charge is -2.22. The van der Waals surface area contributed by atoms with Crippen LogP contribution < -0.4 is 4.72 Å². The summed E-state index contributed by atoms with van der Waals surface area (Å²) >= 11 is 5.61. The van der Waals surface area contributed by atoms with Gasteiger partial charge in [0.2, 0.25) is 10.0 Å². The minimum Gasteiger partial charge on any atom is -0.385 e. The highest BCUT2D eigenvalue weighted by atomic mass is 35.5. The van der Waals surface area contributed by atoms with Crippen molar-refractivity contribution in [1.29, 1.82) is 0 Å². The predicted octanol–water partition coefficient (Wildman–Crippen LogP) is 0.960. The van der Waals surface area contributed by atoms with Crippen LogP contribution in [0.3, 0.4) is 0 Å². The molecule has 1 N–H and O–H groups in total. The third kappa shape index (κ3) is 6.59. The Morgan fingerprint density at radius 2 is 2.00 bits per heavy atom. The summed E-state index contributed by atoms with van der Waals surface area (Å²) < 4.78 is 30.2. The Morgan fingerprint density at radius 3 is 2.43 bits per heavy atom. The van der Waals surface area contributed by atoms with Gasteiger partial charge in [0.25, 0.3) is 0 Å². The largest absolute Gasteiger partial charge is 0.385 e. The van der Waals surface area contributed by atoms with E-state index >= 15 is 0 Å². The zero-order valence-corrected chi connectivity index (χ0v) is 10.4. The van der Waals surface area contributed by atoms with E-state index in [1.165, 1.54) is 0 Å². The Kier molecular flexibility index (Phi) is 5.97. The molecule has 0 bridgehead atoms. The molecule has 0 aliphatic rings. The third-order valence-corrected chi connectivity index (χ3v) is 3.89. The fraction of sp³-hybridized carbons (Fsp3) is 1.00. The highest BCUT2D eigenvalue weighted by molar-refractivity contribution is 7.89. The van der Waals surface area contributed by atoms with Gasteiger partial charge < -0.3 is 4.74 Å². The first kappa shape index (κ1) is 14.2. The second kappa shape index (κ2) is 5.90. The van der Waals surface area contributed by atoms with Crippen LogP contribution in [-0.2, 0) is 14.8 Å². The molecule has 86 valence electrons. The van der Waals surface area contributed by atoms with Gasteiger partial charge in [0.05, 0.1) is 5.75 Å². The van der Waals surface area contributed by atoms with Crippen LogP contribution in [0.5, 0.6) is 0 Å². The average molecular weight is 244 g/mol. The van der Waals surface area contributed by atoms with Gasteiger partial charge in [-0.3, -0.25) is 0 Å². The van der Waals surface area contributed by atoms with Gasteiger partial charge in [-0.25, -0.2) is 13.1 Å². The molecule has 0 aromatic carbocycles. The van der Waals surface area contributed by atoms with Crippen LogP contribution in [0.2, 0.25) is 0 Å². The van der Waals surface area contributed by atoms with E-state index in [1.807, 2.05) is 0 Å². The van der Waals surface area contributed by atoms with Gasteiger partial charge in [-0.1, -0.05) is 0 Å². The molecule has 0 saturated carbocycles. The second-order valence-electron chi connectivity index (χ2n) is 3.78. The smallest absolute Gasteiger partial charge is 0.212 e. The number of sulfonamides is 1. The summed E-state index contributed by atoms with van der Waals surface area (Å²) in [5.74, 6) is 0.317. The van der Waals surface area contributed by atoms with E-state index in [4.69, 9.17) is 16.3 Å². The van der Waals surface area contributed by atoms with E-state index in [9.17, 15) is 8.42 Å². The summed E-state index contributed by atoms with van der Waals surface area (Å²) in [6.07, 6.45) is 0.490. The molecule has 0 aliphatic carbocycles. The zero-order chi connectivity index (χ0) is 11.2. The van der Waals surface area contributed by atoms with Crippen molar-refractivity contribution in [3.63, 3.8) is 0 Å². The van der Waals surface area contributed by atoms with E-state index in [2.05, 4.69) is 4.72 Å². The summed E-state index contributed by atoms with van der Waals surface area (Å²) in [6, 6.07) is 0. The molecule has 0 spiro atoms. The van der Waals surface area contributed by atoms with E-state index in [1.54, 1.807) is 21.0 Å². The van der Waals surface area contributed by atoms with Crippen molar-refractivity contribution in [3.05, 3.63) is 0 Å².